The summed E-state index contributed by atoms with van der Waals surface area (Å²) in [6, 6.07) is 0. The lowest BCUT2D eigenvalue weighted by atomic mass is 10.1. The van der Waals surface area contributed by atoms with Crippen LogP contribution in [0.15, 0.2) is 17.7 Å². The fraction of sp³-hybridized carbons (Fsp3) is 0.286. The minimum absolute atomic E-state index is 0.933. The topological polar surface area (TPSA) is 0 Å². The number of hydrogen-bond donors (Lipinski definition) is 0. The van der Waals surface area contributed by atoms with Crippen molar-refractivity contribution in [2.75, 3.05) is 0 Å². The van der Waals surface area contributed by atoms with Gasteiger partial charge in [-0.15, -0.1) is 0 Å². The minimum atomic E-state index is 0.933. The first kappa shape index (κ1) is 4.63. The molecule has 0 heterocycles. The summed E-state index contributed by atoms with van der Waals surface area (Å²) in [5, 5.41) is 0. The predicted molar refractivity (Wildman–Crippen MR) is 29.4 cm³/mol. The van der Waals surface area contributed by atoms with Gasteiger partial charge < -0.3 is 0 Å². The highest BCUT2D eigenvalue weighted by molar-refractivity contribution is 5.20. The van der Waals surface area contributed by atoms with Gasteiger partial charge in [-0.05, 0) is 19.4 Å². The van der Waals surface area contributed by atoms with Crippen LogP contribution in [0.3, 0.4) is 0 Å². The highest BCUT2D eigenvalue weighted by atomic mass is 13.9. The van der Waals surface area contributed by atoms with Crippen molar-refractivity contribution in [1.82, 2.24) is 0 Å². The normalized spacial score (nSPS) is 19.3. The van der Waals surface area contributed by atoms with Crippen molar-refractivity contribution in [2.24, 2.45) is 0 Å². The summed E-state index contributed by atoms with van der Waals surface area (Å²) in [5.74, 6) is 0. The Bertz CT molecular complexity index is 107. The van der Waals surface area contributed by atoms with E-state index < -0.39 is 0 Å². The van der Waals surface area contributed by atoms with E-state index in [1.807, 2.05) is 19.1 Å². The van der Waals surface area contributed by atoms with Crippen LogP contribution in [-0.4, -0.2) is 0 Å². The molecule has 0 unspecified atom stereocenters. The quantitative estimate of drug-likeness (QED) is 0.426. The van der Waals surface area contributed by atoms with Gasteiger partial charge in [-0.1, -0.05) is 17.7 Å². The largest absolute Gasteiger partial charge is 0.0757 e. The van der Waals surface area contributed by atoms with Gasteiger partial charge in [0.1, 0.15) is 0 Å². The summed E-state index contributed by atoms with van der Waals surface area (Å²) in [7, 11) is 0. The van der Waals surface area contributed by atoms with Gasteiger partial charge in [-0.2, -0.15) is 0 Å². The third-order valence-electron chi connectivity index (χ3n) is 0.901. The molecule has 3 radical (unpaired) electrons. The van der Waals surface area contributed by atoms with Gasteiger partial charge in [-0.3, -0.25) is 0 Å². The van der Waals surface area contributed by atoms with Crippen LogP contribution in [0, 0.1) is 12.5 Å². The van der Waals surface area contributed by atoms with Crippen LogP contribution in [0.1, 0.15) is 13.3 Å². The first-order valence-electron chi connectivity index (χ1n) is 2.38. The van der Waals surface area contributed by atoms with Crippen LogP contribution in [0.4, 0.5) is 0 Å². The van der Waals surface area contributed by atoms with Crippen LogP contribution in [0.25, 0.3) is 0 Å². The molecule has 0 aromatic rings. The van der Waals surface area contributed by atoms with Crippen molar-refractivity contribution in [1.29, 1.82) is 0 Å². The van der Waals surface area contributed by atoms with Crippen molar-refractivity contribution in [3.8, 4) is 0 Å². The number of rotatable bonds is 0. The zero-order chi connectivity index (χ0) is 5.11. The van der Waals surface area contributed by atoms with Gasteiger partial charge in [0, 0.05) is 6.42 Å². The predicted octanol–water partition coefficient (Wildman–Crippen LogP) is 1.78. The second kappa shape index (κ2) is 1.97. The molecule has 0 aromatic carbocycles. The molecular weight excluding hydrogens is 84.1 g/mol. The van der Waals surface area contributed by atoms with Crippen molar-refractivity contribution in [3.63, 3.8) is 0 Å². The Morgan fingerprint density at radius 1 is 1.71 bits per heavy atom. The maximum atomic E-state index is 3.12. The molecule has 1 aliphatic rings. The van der Waals surface area contributed by atoms with E-state index in [1.54, 1.807) is 0 Å². The van der Waals surface area contributed by atoms with Gasteiger partial charge in [0.05, 0.1) is 0 Å². The Morgan fingerprint density at radius 3 is 2.86 bits per heavy atom. The van der Waals surface area contributed by atoms with Crippen LogP contribution in [-0.2, 0) is 0 Å². The Kier molecular flexibility index (Phi) is 1.30. The van der Waals surface area contributed by atoms with E-state index in [0.717, 1.165) is 6.42 Å². The third kappa shape index (κ3) is 1.19. The van der Waals surface area contributed by atoms with Crippen LogP contribution >= 0.6 is 0 Å². The molecule has 0 atom stereocenters. The lowest BCUT2D eigenvalue weighted by Gasteiger charge is -1.96. The van der Waals surface area contributed by atoms with E-state index in [9.17, 15) is 0 Å². The smallest absolute Gasteiger partial charge is 0.0158 e. The molecular formula is C7H7. The first-order valence-corrected chi connectivity index (χ1v) is 2.38. The molecule has 0 N–H and O–H groups in total. The third-order valence-corrected chi connectivity index (χ3v) is 0.901. The summed E-state index contributed by atoms with van der Waals surface area (Å²) >= 11 is 0. The van der Waals surface area contributed by atoms with E-state index in [2.05, 4.69) is 12.5 Å². The van der Waals surface area contributed by atoms with Crippen molar-refractivity contribution >= 4 is 0 Å². The molecule has 7 heavy (non-hydrogen) atoms. The second-order valence-corrected chi connectivity index (χ2v) is 1.58. The summed E-state index contributed by atoms with van der Waals surface area (Å²) in [5.41, 5.74) is 1.20. The maximum Gasteiger partial charge on any atom is 0.0158 e. The molecule has 1 aliphatic carbocycles. The molecule has 0 amide bonds. The molecule has 0 fully saturated rings. The first-order chi connectivity index (χ1) is 3.39. The van der Waals surface area contributed by atoms with E-state index in [-0.39, 0.29) is 0 Å². The molecule has 35 valence electrons. The molecule has 0 bridgehead atoms. The SMILES string of the molecule is CC1=C[C]=CC[C]1. The molecule has 0 nitrogen and oxygen atoms in total. The van der Waals surface area contributed by atoms with Crippen LogP contribution in [0.2, 0.25) is 0 Å². The van der Waals surface area contributed by atoms with Gasteiger partial charge >= 0.3 is 0 Å². The molecule has 0 saturated carbocycles. The molecule has 0 saturated heterocycles. The number of hydrogen-bond acceptors (Lipinski definition) is 0. The minimum Gasteiger partial charge on any atom is -0.0757 e. The van der Waals surface area contributed by atoms with Crippen LogP contribution < -0.4 is 0 Å². The van der Waals surface area contributed by atoms with Gasteiger partial charge in [-0.25, -0.2) is 0 Å². The molecule has 0 aromatic heterocycles. The Morgan fingerprint density at radius 2 is 2.57 bits per heavy atom. The summed E-state index contributed by atoms with van der Waals surface area (Å²) in [6.07, 6.45) is 10.9. The summed E-state index contributed by atoms with van der Waals surface area (Å²) in [4.78, 5) is 0. The zero-order valence-corrected chi connectivity index (χ0v) is 4.36. The lowest BCUT2D eigenvalue weighted by Crippen LogP contribution is -1.80. The van der Waals surface area contributed by atoms with Gasteiger partial charge in [0.25, 0.3) is 0 Å². The van der Waals surface area contributed by atoms with Crippen LogP contribution in [0.5, 0.6) is 0 Å². The van der Waals surface area contributed by atoms with Crippen molar-refractivity contribution in [2.45, 2.75) is 13.3 Å². The number of allylic oxidation sites excluding steroid dienone is 4. The highest BCUT2D eigenvalue weighted by Gasteiger charge is 1.90. The lowest BCUT2D eigenvalue weighted by molar-refractivity contribution is 1.17. The van der Waals surface area contributed by atoms with E-state index >= 15 is 0 Å². The van der Waals surface area contributed by atoms with E-state index in [1.165, 1.54) is 5.57 Å². The standard InChI is InChI=1S/C7H7/c1-7-5-3-2-4-6-7/h2,6H,3H2,1H3. The molecule has 0 heteroatoms. The monoisotopic (exact) mass is 91.1 g/mol. The van der Waals surface area contributed by atoms with E-state index in [0.29, 0.717) is 0 Å². The summed E-state index contributed by atoms with van der Waals surface area (Å²) in [6.45, 7) is 2.03. The second-order valence-electron chi connectivity index (χ2n) is 1.58. The average Bonchev–Trinajstić information content (AvgIpc) is 1.69. The molecule has 1 rings (SSSR count). The van der Waals surface area contributed by atoms with Crippen molar-refractivity contribution < 1.29 is 0 Å². The zero-order valence-electron chi connectivity index (χ0n) is 4.36. The Labute approximate surface area is 44.5 Å². The highest BCUT2D eigenvalue weighted by Crippen LogP contribution is 2.06. The van der Waals surface area contributed by atoms with Gasteiger partial charge in [0.2, 0.25) is 0 Å². The van der Waals surface area contributed by atoms with E-state index in [4.69, 9.17) is 0 Å². The fourth-order valence-electron chi connectivity index (χ4n) is 0.506. The maximum absolute atomic E-state index is 3.12. The fourth-order valence-corrected chi connectivity index (χ4v) is 0.506. The molecule has 0 aliphatic heterocycles. The molecule has 0 spiro atoms. The van der Waals surface area contributed by atoms with Gasteiger partial charge in [0.15, 0.2) is 0 Å². The summed E-state index contributed by atoms with van der Waals surface area (Å²) < 4.78 is 0. The van der Waals surface area contributed by atoms with Crippen molar-refractivity contribution in [3.05, 3.63) is 30.2 Å². The Hall–Kier alpha value is -0.520. The average molecular weight is 91.1 g/mol. The Balaban J connectivity index is 2.57.